The number of carbonyl (C=O) groups is 2. The predicted molar refractivity (Wildman–Crippen MR) is 107 cm³/mol. The van der Waals surface area contributed by atoms with E-state index in [1.54, 1.807) is 11.8 Å². The van der Waals surface area contributed by atoms with Crippen molar-refractivity contribution >= 4 is 11.8 Å². The van der Waals surface area contributed by atoms with Crippen LogP contribution in [-0.4, -0.2) is 77.1 Å². The van der Waals surface area contributed by atoms with Crippen LogP contribution >= 0.6 is 0 Å². The van der Waals surface area contributed by atoms with E-state index in [0.717, 1.165) is 31.4 Å². The van der Waals surface area contributed by atoms with E-state index in [1.807, 2.05) is 4.90 Å². The first-order chi connectivity index (χ1) is 13.6. The summed E-state index contributed by atoms with van der Waals surface area (Å²) in [6.07, 6.45) is 6.40. The lowest BCUT2D eigenvalue weighted by Crippen LogP contribution is -2.59. The fraction of sp³-hybridized carbons (Fsp3) is 0.667. The van der Waals surface area contributed by atoms with Gasteiger partial charge in [0.1, 0.15) is 5.78 Å². The third-order valence-corrected chi connectivity index (χ3v) is 5.61. The first-order valence-corrected chi connectivity index (χ1v) is 10.4. The molecule has 2 N–H and O–H groups in total. The largest absolute Gasteiger partial charge is 0.394 e. The molecule has 3 rings (SSSR count). The van der Waals surface area contributed by atoms with Crippen molar-refractivity contribution in [2.75, 3.05) is 39.3 Å². The lowest BCUT2D eigenvalue weighted by Gasteiger charge is -2.40. The molecule has 154 valence electrons. The SMILES string of the molecule is CC(=O)CN1CCN(C(=O)NCCCc2ccc3c(n2)CCCC3)[C@H](CO)C1. The molecule has 1 aromatic rings. The van der Waals surface area contributed by atoms with Gasteiger partial charge in [0.15, 0.2) is 0 Å². The molecule has 7 nitrogen and oxygen atoms in total. The van der Waals surface area contributed by atoms with Gasteiger partial charge in [-0.2, -0.15) is 0 Å². The van der Waals surface area contributed by atoms with E-state index in [9.17, 15) is 14.7 Å². The van der Waals surface area contributed by atoms with Gasteiger partial charge in [0.2, 0.25) is 0 Å². The van der Waals surface area contributed by atoms with E-state index >= 15 is 0 Å². The molecule has 2 aliphatic rings. The number of aliphatic hydroxyl groups is 1. The minimum absolute atomic E-state index is 0.0964. The smallest absolute Gasteiger partial charge is 0.317 e. The summed E-state index contributed by atoms with van der Waals surface area (Å²) in [4.78, 5) is 32.3. The first-order valence-electron chi connectivity index (χ1n) is 10.4. The Morgan fingerprint density at radius 3 is 2.86 bits per heavy atom. The third kappa shape index (κ3) is 5.52. The molecule has 0 saturated carbocycles. The number of urea groups is 1. The second-order valence-electron chi connectivity index (χ2n) is 7.92. The van der Waals surface area contributed by atoms with Crippen molar-refractivity contribution in [3.63, 3.8) is 0 Å². The van der Waals surface area contributed by atoms with Crippen molar-refractivity contribution in [2.24, 2.45) is 0 Å². The Labute approximate surface area is 167 Å². The maximum atomic E-state index is 12.5. The molecule has 1 atom stereocenters. The minimum Gasteiger partial charge on any atom is -0.394 e. The number of piperazine rings is 1. The van der Waals surface area contributed by atoms with E-state index in [4.69, 9.17) is 4.98 Å². The predicted octanol–water partition coefficient (Wildman–Crippen LogP) is 1.17. The van der Waals surface area contributed by atoms with Crippen LogP contribution in [0.4, 0.5) is 4.79 Å². The zero-order valence-electron chi connectivity index (χ0n) is 16.8. The second-order valence-corrected chi connectivity index (χ2v) is 7.92. The van der Waals surface area contributed by atoms with Crippen molar-refractivity contribution in [3.8, 4) is 0 Å². The number of fused-ring (bicyclic) bond motifs is 1. The number of aryl methyl sites for hydroxylation is 3. The molecule has 2 heterocycles. The van der Waals surface area contributed by atoms with Crippen LogP contribution in [0.3, 0.4) is 0 Å². The maximum absolute atomic E-state index is 12.5. The summed E-state index contributed by atoms with van der Waals surface area (Å²) in [5.74, 6) is 0.102. The highest BCUT2D eigenvalue weighted by Crippen LogP contribution is 2.20. The topological polar surface area (TPSA) is 85.8 Å². The number of carbonyl (C=O) groups excluding carboxylic acids is 2. The quantitative estimate of drug-likeness (QED) is 0.685. The number of hydrogen-bond acceptors (Lipinski definition) is 5. The molecule has 0 bridgehead atoms. The summed E-state index contributed by atoms with van der Waals surface area (Å²) in [7, 11) is 0. The summed E-state index contributed by atoms with van der Waals surface area (Å²) in [6, 6.07) is 3.92. The van der Waals surface area contributed by atoms with Gasteiger partial charge >= 0.3 is 6.03 Å². The number of Topliss-reactive ketones (excluding diaryl/α,β-unsaturated/α-hetero) is 1. The summed E-state index contributed by atoms with van der Waals surface area (Å²) in [6.45, 7) is 4.14. The molecule has 28 heavy (non-hydrogen) atoms. The Morgan fingerprint density at radius 1 is 1.25 bits per heavy atom. The van der Waals surface area contributed by atoms with Gasteiger partial charge in [-0.15, -0.1) is 0 Å². The van der Waals surface area contributed by atoms with E-state index in [0.29, 0.717) is 32.7 Å². The van der Waals surface area contributed by atoms with Gasteiger partial charge in [0, 0.05) is 37.6 Å². The van der Waals surface area contributed by atoms with Crippen molar-refractivity contribution in [1.82, 2.24) is 20.1 Å². The second kappa shape index (κ2) is 9.98. The molecular weight excluding hydrogens is 356 g/mol. The monoisotopic (exact) mass is 388 g/mol. The molecule has 1 aliphatic carbocycles. The van der Waals surface area contributed by atoms with Gasteiger partial charge in [-0.3, -0.25) is 14.7 Å². The van der Waals surface area contributed by atoms with Crippen LogP contribution in [0.15, 0.2) is 12.1 Å². The van der Waals surface area contributed by atoms with Crippen LogP contribution in [0.25, 0.3) is 0 Å². The number of hydrogen-bond donors (Lipinski definition) is 2. The molecule has 7 heteroatoms. The average molecular weight is 389 g/mol. The Balaban J connectivity index is 1.42. The number of rotatable bonds is 7. The molecule has 1 saturated heterocycles. The first kappa shape index (κ1) is 20.7. The fourth-order valence-corrected chi connectivity index (χ4v) is 4.13. The van der Waals surface area contributed by atoms with Gasteiger partial charge in [-0.1, -0.05) is 6.07 Å². The van der Waals surface area contributed by atoms with Gasteiger partial charge in [-0.25, -0.2) is 4.79 Å². The third-order valence-electron chi connectivity index (χ3n) is 5.61. The van der Waals surface area contributed by atoms with Gasteiger partial charge in [0.05, 0.1) is 19.2 Å². The van der Waals surface area contributed by atoms with Gasteiger partial charge < -0.3 is 15.3 Å². The summed E-state index contributed by atoms with van der Waals surface area (Å²) >= 11 is 0. The normalized spacial score (nSPS) is 19.9. The highest BCUT2D eigenvalue weighted by molar-refractivity contribution is 5.78. The number of aromatic nitrogens is 1. The molecule has 1 aliphatic heterocycles. The molecule has 1 fully saturated rings. The molecule has 0 aromatic carbocycles. The van der Waals surface area contributed by atoms with Crippen molar-refractivity contribution in [2.45, 2.75) is 51.5 Å². The fourth-order valence-electron chi connectivity index (χ4n) is 4.13. The van der Waals surface area contributed by atoms with Gasteiger partial charge in [-0.05, 0) is 57.1 Å². The van der Waals surface area contributed by atoms with Gasteiger partial charge in [0.25, 0.3) is 0 Å². The number of amides is 2. The van der Waals surface area contributed by atoms with Crippen LogP contribution in [0.1, 0.15) is 43.1 Å². The Bertz CT molecular complexity index is 694. The molecular formula is C21H32N4O3. The summed E-state index contributed by atoms with van der Waals surface area (Å²) in [5.41, 5.74) is 3.74. The van der Waals surface area contributed by atoms with Crippen LogP contribution in [0, 0.1) is 0 Å². The highest BCUT2D eigenvalue weighted by Gasteiger charge is 2.30. The molecule has 0 radical (unpaired) electrons. The number of ketones is 1. The van der Waals surface area contributed by atoms with E-state index in [-0.39, 0.29) is 24.5 Å². The highest BCUT2D eigenvalue weighted by atomic mass is 16.3. The zero-order chi connectivity index (χ0) is 19.9. The minimum atomic E-state index is -0.268. The number of pyridine rings is 1. The average Bonchev–Trinajstić information content (AvgIpc) is 2.70. The van der Waals surface area contributed by atoms with Crippen LogP contribution in [-0.2, 0) is 24.1 Å². The lowest BCUT2D eigenvalue weighted by atomic mass is 9.95. The summed E-state index contributed by atoms with van der Waals surface area (Å²) in [5, 5.41) is 12.6. The van der Waals surface area contributed by atoms with Crippen LogP contribution in [0.5, 0.6) is 0 Å². The Kier molecular flexibility index (Phi) is 7.39. The van der Waals surface area contributed by atoms with E-state index in [2.05, 4.69) is 17.4 Å². The number of nitrogens with one attached hydrogen (secondary N) is 1. The van der Waals surface area contributed by atoms with Crippen molar-refractivity contribution < 1.29 is 14.7 Å². The zero-order valence-corrected chi connectivity index (χ0v) is 16.8. The molecule has 0 spiro atoms. The Hall–Kier alpha value is -1.99. The van der Waals surface area contributed by atoms with E-state index < -0.39 is 0 Å². The lowest BCUT2D eigenvalue weighted by molar-refractivity contribution is -0.118. The van der Waals surface area contributed by atoms with Crippen molar-refractivity contribution in [1.29, 1.82) is 0 Å². The van der Waals surface area contributed by atoms with E-state index in [1.165, 1.54) is 24.1 Å². The summed E-state index contributed by atoms with van der Waals surface area (Å²) < 4.78 is 0. The molecule has 0 unspecified atom stereocenters. The van der Waals surface area contributed by atoms with Crippen LogP contribution < -0.4 is 5.32 Å². The van der Waals surface area contributed by atoms with Crippen LogP contribution in [0.2, 0.25) is 0 Å². The number of nitrogens with zero attached hydrogens (tertiary/aromatic N) is 3. The molecule has 1 aromatic heterocycles. The Morgan fingerprint density at radius 2 is 2.07 bits per heavy atom. The standard InChI is InChI=1S/C21H32N4O3/c1-16(27)13-24-11-12-25(19(14-24)15-26)21(28)22-10-4-6-18-9-8-17-5-2-3-7-20(17)23-18/h8-9,19,26H,2-7,10-15H2,1H3,(H,22,28)/t19-/m0/s1. The maximum Gasteiger partial charge on any atom is 0.317 e. The molecule has 2 amide bonds. The number of aliphatic hydroxyl groups excluding tert-OH is 1. The van der Waals surface area contributed by atoms with Crippen molar-refractivity contribution in [3.05, 3.63) is 29.1 Å².